The number of carbonyl (C=O) groups is 1. The Morgan fingerprint density at radius 2 is 2.12 bits per heavy atom. The Labute approximate surface area is 101 Å². The van der Waals surface area contributed by atoms with Crippen LogP contribution in [0.15, 0.2) is 12.1 Å². The summed E-state index contributed by atoms with van der Waals surface area (Å²) < 4.78 is 0. The highest BCUT2D eigenvalue weighted by Gasteiger charge is 2.15. The third-order valence-electron chi connectivity index (χ3n) is 2.94. The van der Waals surface area contributed by atoms with Crippen LogP contribution in [0.3, 0.4) is 0 Å². The molecule has 0 bridgehead atoms. The summed E-state index contributed by atoms with van der Waals surface area (Å²) in [6.07, 6.45) is 4.95. The first-order valence-corrected chi connectivity index (χ1v) is 6.18. The van der Waals surface area contributed by atoms with Crippen LogP contribution in [-0.2, 0) is 0 Å². The lowest BCUT2D eigenvalue weighted by Crippen LogP contribution is -2.24. The minimum atomic E-state index is -0.174. The first-order chi connectivity index (χ1) is 8.29. The second-order valence-electron chi connectivity index (χ2n) is 4.29. The Kier molecular flexibility index (Phi) is 3.90. The third kappa shape index (κ3) is 3.15. The standard InChI is InChI=1S/C12H18N4O/c1-2-13-12(17)10-7-8-11(16-15-10)14-9-5-3-4-6-9/h7-9H,2-6H2,1H3,(H,13,17)(H,14,16). The number of nitrogens with zero attached hydrogens (tertiary/aromatic N) is 2. The molecule has 5 heteroatoms. The molecule has 0 atom stereocenters. The van der Waals surface area contributed by atoms with E-state index in [4.69, 9.17) is 0 Å². The molecule has 1 fully saturated rings. The van der Waals surface area contributed by atoms with E-state index in [2.05, 4.69) is 20.8 Å². The summed E-state index contributed by atoms with van der Waals surface area (Å²) in [5, 5.41) is 14.0. The number of hydrogen-bond acceptors (Lipinski definition) is 4. The highest BCUT2D eigenvalue weighted by atomic mass is 16.1. The van der Waals surface area contributed by atoms with E-state index in [9.17, 15) is 4.79 Å². The summed E-state index contributed by atoms with van der Waals surface area (Å²) in [5.41, 5.74) is 0.365. The number of rotatable bonds is 4. The fourth-order valence-electron chi connectivity index (χ4n) is 2.06. The average Bonchev–Trinajstić information content (AvgIpc) is 2.83. The summed E-state index contributed by atoms with van der Waals surface area (Å²) in [6.45, 7) is 2.48. The van der Waals surface area contributed by atoms with Gasteiger partial charge in [0, 0.05) is 12.6 Å². The Balaban J connectivity index is 1.94. The molecule has 0 radical (unpaired) electrons. The highest BCUT2D eigenvalue weighted by Crippen LogP contribution is 2.20. The number of amides is 1. The van der Waals surface area contributed by atoms with Crippen LogP contribution in [0.2, 0.25) is 0 Å². The van der Waals surface area contributed by atoms with E-state index in [1.807, 2.05) is 13.0 Å². The van der Waals surface area contributed by atoms with E-state index in [0.717, 1.165) is 5.82 Å². The first kappa shape index (κ1) is 11.8. The molecule has 1 aromatic heterocycles. The van der Waals surface area contributed by atoms with E-state index in [1.165, 1.54) is 25.7 Å². The van der Waals surface area contributed by atoms with Gasteiger partial charge in [0.15, 0.2) is 5.69 Å². The zero-order valence-corrected chi connectivity index (χ0v) is 10.1. The molecule has 0 aliphatic heterocycles. The maximum Gasteiger partial charge on any atom is 0.271 e. The van der Waals surface area contributed by atoms with E-state index in [0.29, 0.717) is 18.3 Å². The second-order valence-corrected chi connectivity index (χ2v) is 4.29. The van der Waals surface area contributed by atoms with Crippen molar-refractivity contribution in [3.63, 3.8) is 0 Å². The normalized spacial score (nSPS) is 15.8. The van der Waals surface area contributed by atoms with Gasteiger partial charge in [-0.25, -0.2) is 0 Å². The molecule has 1 aliphatic rings. The lowest BCUT2D eigenvalue weighted by Gasteiger charge is -2.11. The molecule has 17 heavy (non-hydrogen) atoms. The van der Waals surface area contributed by atoms with Crippen molar-refractivity contribution in [1.82, 2.24) is 15.5 Å². The van der Waals surface area contributed by atoms with Crippen molar-refractivity contribution in [3.05, 3.63) is 17.8 Å². The largest absolute Gasteiger partial charge is 0.366 e. The smallest absolute Gasteiger partial charge is 0.271 e. The van der Waals surface area contributed by atoms with Crippen molar-refractivity contribution in [2.75, 3.05) is 11.9 Å². The van der Waals surface area contributed by atoms with E-state index >= 15 is 0 Å². The van der Waals surface area contributed by atoms with E-state index < -0.39 is 0 Å². The van der Waals surface area contributed by atoms with Gasteiger partial charge < -0.3 is 10.6 Å². The average molecular weight is 234 g/mol. The fraction of sp³-hybridized carbons (Fsp3) is 0.583. The van der Waals surface area contributed by atoms with Gasteiger partial charge in [0.1, 0.15) is 5.82 Å². The number of aromatic nitrogens is 2. The molecule has 0 unspecified atom stereocenters. The number of anilines is 1. The molecular formula is C12H18N4O. The van der Waals surface area contributed by atoms with Crippen LogP contribution in [-0.4, -0.2) is 28.7 Å². The molecule has 1 amide bonds. The molecule has 0 saturated heterocycles. The van der Waals surface area contributed by atoms with Crippen molar-refractivity contribution in [3.8, 4) is 0 Å². The summed E-state index contributed by atoms with van der Waals surface area (Å²) >= 11 is 0. The van der Waals surface area contributed by atoms with Crippen molar-refractivity contribution in [1.29, 1.82) is 0 Å². The van der Waals surface area contributed by atoms with Crippen LogP contribution < -0.4 is 10.6 Å². The fourth-order valence-corrected chi connectivity index (χ4v) is 2.06. The lowest BCUT2D eigenvalue weighted by molar-refractivity contribution is 0.0950. The van der Waals surface area contributed by atoms with Crippen molar-refractivity contribution < 1.29 is 4.79 Å². The van der Waals surface area contributed by atoms with Crippen LogP contribution in [0, 0.1) is 0 Å². The Morgan fingerprint density at radius 3 is 2.71 bits per heavy atom. The third-order valence-corrected chi connectivity index (χ3v) is 2.94. The summed E-state index contributed by atoms with van der Waals surface area (Å²) in [5.74, 6) is 0.581. The van der Waals surface area contributed by atoms with Gasteiger partial charge in [0.2, 0.25) is 0 Å². The van der Waals surface area contributed by atoms with Gasteiger partial charge in [-0.05, 0) is 31.9 Å². The zero-order chi connectivity index (χ0) is 12.1. The molecule has 2 N–H and O–H groups in total. The van der Waals surface area contributed by atoms with Gasteiger partial charge in [0.05, 0.1) is 0 Å². The predicted octanol–water partition coefficient (Wildman–Crippen LogP) is 1.58. The molecule has 1 heterocycles. The molecule has 0 aromatic carbocycles. The van der Waals surface area contributed by atoms with Gasteiger partial charge in [-0.15, -0.1) is 10.2 Å². The van der Waals surface area contributed by atoms with Gasteiger partial charge in [-0.3, -0.25) is 4.79 Å². The number of hydrogen-bond donors (Lipinski definition) is 2. The van der Waals surface area contributed by atoms with Crippen LogP contribution >= 0.6 is 0 Å². The van der Waals surface area contributed by atoms with Gasteiger partial charge in [-0.1, -0.05) is 12.8 Å². The van der Waals surface area contributed by atoms with Crippen molar-refractivity contribution >= 4 is 11.7 Å². The van der Waals surface area contributed by atoms with Crippen LogP contribution in [0.25, 0.3) is 0 Å². The topological polar surface area (TPSA) is 66.9 Å². The van der Waals surface area contributed by atoms with Crippen molar-refractivity contribution in [2.24, 2.45) is 0 Å². The molecule has 1 saturated carbocycles. The molecule has 1 aliphatic carbocycles. The summed E-state index contributed by atoms with van der Waals surface area (Å²) in [6, 6.07) is 4.03. The Morgan fingerprint density at radius 1 is 1.35 bits per heavy atom. The summed E-state index contributed by atoms with van der Waals surface area (Å²) in [4.78, 5) is 11.5. The predicted molar refractivity (Wildman–Crippen MR) is 65.9 cm³/mol. The highest BCUT2D eigenvalue weighted by molar-refractivity contribution is 5.92. The monoisotopic (exact) mass is 234 g/mol. The molecule has 92 valence electrons. The van der Waals surface area contributed by atoms with E-state index in [-0.39, 0.29) is 5.91 Å². The maximum absolute atomic E-state index is 11.5. The first-order valence-electron chi connectivity index (χ1n) is 6.18. The maximum atomic E-state index is 11.5. The van der Waals surface area contributed by atoms with Gasteiger partial charge in [-0.2, -0.15) is 0 Å². The minimum absolute atomic E-state index is 0.174. The van der Waals surface area contributed by atoms with Crippen LogP contribution in [0.5, 0.6) is 0 Å². The molecule has 5 nitrogen and oxygen atoms in total. The Hall–Kier alpha value is -1.65. The Bertz CT molecular complexity index is 371. The quantitative estimate of drug-likeness (QED) is 0.830. The molecule has 2 rings (SSSR count). The van der Waals surface area contributed by atoms with Crippen LogP contribution in [0.4, 0.5) is 5.82 Å². The number of carbonyl (C=O) groups excluding carboxylic acids is 1. The second kappa shape index (κ2) is 5.61. The number of nitrogens with one attached hydrogen (secondary N) is 2. The molecular weight excluding hydrogens is 216 g/mol. The zero-order valence-electron chi connectivity index (χ0n) is 10.1. The van der Waals surface area contributed by atoms with E-state index in [1.54, 1.807) is 6.07 Å². The summed E-state index contributed by atoms with van der Waals surface area (Å²) in [7, 11) is 0. The van der Waals surface area contributed by atoms with Crippen molar-refractivity contribution in [2.45, 2.75) is 38.6 Å². The van der Waals surface area contributed by atoms with Gasteiger partial charge in [0.25, 0.3) is 5.91 Å². The molecule has 0 spiro atoms. The molecule has 1 aromatic rings. The SMILES string of the molecule is CCNC(=O)c1ccc(NC2CCCC2)nn1. The minimum Gasteiger partial charge on any atom is -0.366 e. The lowest BCUT2D eigenvalue weighted by atomic mass is 10.2. The van der Waals surface area contributed by atoms with Crippen LogP contribution in [0.1, 0.15) is 43.1 Å². The van der Waals surface area contributed by atoms with Gasteiger partial charge >= 0.3 is 0 Å².